The number of rotatable bonds is 7. The van der Waals surface area contributed by atoms with Gasteiger partial charge in [-0.2, -0.15) is 0 Å². The summed E-state index contributed by atoms with van der Waals surface area (Å²) in [7, 11) is 0. The lowest BCUT2D eigenvalue weighted by atomic mass is 9.94. The Morgan fingerprint density at radius 3 is 2.22 bits per heavy atom. The lowest BCUT2D eigenvalue weighted by Gasteiger charge is -2.37. The fourth-order valence-corrected chi connectivity index (χ4v) is 5.72. The Labute approximate surface area is 270 Å². The maximum absolute atomic E-state index is 13.3. The Balaban J connectivity index is 1.10. The van der Waals surface area contributed by atoms with Crippen molar-refractivity contribution < 1.29 is 9.59 Å². The van der Waals surface area contributed by atoms with Crippen LogP contribution in [0.2, 0.25) is 0 Å². The van der Waals surface area contributed by atoms with Crippen molar-refractivity contribution in [3.8, 4) is 11.3 Å². The van der Waals surface area contributed by atoms with Gasteiger partial charge >= 0.3 is 0 Å². The van der Waals surface area contributed by atoms with E-state index in [9.17, 15) is 9.59 Å². The molecule has 4 aromatic carbocycles. The Morgan fingerprint density at radius 2 is 1.50 bits per heavy atom. The molecule has 0 radical (unpaired) electrons. The highest BCUT2D eigenvalue weighted by molar-refractivity contribution is 6.05. The third kappa shape index (κ3) is 7.08. The van der Waals surface area contributed by atoms with Crippen LogP contribution in [0.3, 0.4) is 0 Å². The third-order valence-electron chi connectivity index (χ3n) is 8.31. The zero-order valence-corrected chi connectivity index (χ0v) is 26.9. The molecule has 0 atom stereocenters. The van der Waals surface area contributed by atoms with Gasteiger partial charge in [0.1, 0.15) is 0 Å². The molecule has 1 aliphatic heterocycles. The van der Waals surface area contributed by atoms with Crippen LogP contribution in [0, 0.1) is 12.3 Å². The van der Waals surface area contributed by atoms with Gasteiger partial charge in [0.15, 0.2) is 0 Å². The summed E-state index contributed by atoms with van der Waals surface area (Å²) in [6, 6.07) is 31.6. The quantitative estimate of drug-likeness (QED) is 0.201. The highest BCUT2D eigenvalue weighted by Crippen LogP contribution is 2.28. The van der Waals surface area contributed by atoms with Gasteiger partial charge in [0.2, 0.25) is 11.9 Å². The highest BCUT2D eigenvalue weighted by atomic mass is 16.2. The van der Waals surface area contributed by atoms with Crippen molar-refractivity contribution in [3.63, 3.8) is 0 Å². The van der Waals surface area contributed by atoms with Gasteiger partial charge in [-0.1, -0.05) is 81.4 Å². The normalized spacial score (nSPS) is 13.9. The number of nitrogens with one attached hydrogen (secondary N) is 2. The van der Waals surface area contributed by atoms with Crippen LogP contribution in [-0.2, 0) is 11.3 Å². The van der Waals surface area contributed by atoms with E-state index >= 15 is 0 Å². The molecule has 8 heteroatoms. The summed E-state index contributed by atoms with van der Waals surface area (Å²) >= 11 is 0. The number of amides is 2. The minimum absolute atomic E-state index is 0.172. The fourth-order valence-electron chi connectivity index (χ4n) is 5.72. The van der Waals surface area contributed by atoms with E-state index in [2.05, 4.69) is 27.7 Å². The molecule has 0 bridgehead atoms. The van der Waals surface area contributed by atoms with Crippen LogP contribution >= 0.6 is 0 Å². The summed E-state index contributed by atoms with van der Waals surface area (Å²) in [6.45, 7) is 11.8. The van der Waals surface area contributed by atoms with Gasteiger partial charge in [-0.15, -0.1) is 0 Å². The molecular formula is C38H40N6O2. The van der Waals surface area contributed by atoms with Gasteiger partial charge in [0.05, 0.1) is 11.2 Å². The van der Waals surface area contributed by atoms with E-state index in [1.165, 1.54) is 0 Å². The molecule has 0 aliphatic carbocycles. The standard InChI is InChI=1S/C38H40N6O2/c1-26-14-15-27(25-43-20-22-44(23-21-43)36(46)38(2,3)4)24-33(26)40-35(45)29-16-18-30(19-17-29)39-37-41-32-13-9-8-12-31(32)34(42-37)28-10-6-5-7-11-28/h5-19,24H,20-23,25H2,1-4H3,(H,40,45)(H,39,41,42). The molecule has 1 aromatic heterocycles. The van der Waals surface area contributed by atoms with Crippen molar-refractivity contribution in [2.24, 2.45) is 5.41 Å². The van der Waals surface area contributed by atoms with Crippen LogP contribution in [0.25, 0.3) is 22.2 Å². The number of hydrogen-bond donors (Lipinski definition) is 2. The number of anilines is 3. The Hall–Kier alpha value is -5.08. The monoisotopic (exact) mass is 612 g/mol. The van der Waals surface area contributed by atoms with E-state index in [4.69, 9.17) is 9.97 Å². The molecule has 1 aliphatic rings. The van der Waals surface area contributed by atoms with E-state index in [0.717, 1.165) is 77.4 Å². The smallest absolute Gasteiger partial charge is 0.255 e. The Kier molecular flexibility index (Phi) is 8.81. The Morgan fingerprint density at radius 1 is 0.804 bits per heavy atom. The number of para-hydroxylation sites is 1. The number of aryl methyl sites for hydroxylation is 1. The molecule has 46 heavy (non-hydrogen) atoms. The molecule has 5 aromatic rings. The Bertz CT molecular complexity index is 1860. The van der Waals surface area contributed by atoms with Crippen molar-refractivity contribution in [3.05, 3.63) is 114 Å². The molecule has 0 spiro atoms. The van der Waals surface area contributed by atoms with Crippen molar-refractivity contribution >= 4 is 40.0 Å². The van der Waals surface area contributed by atoms with E-state index < -0.39 is 0 Å². The first-order valence-electron chi connectivity index (χ1n) is 15.8. The lowest BCUT2D eigenvalue weighted by molar-refractivity contribution is -0.141. The van der Waals surface area contributed by atoms with Crippen LogP contribution in [0.15, 0.2) is 97.1 Å². The van der Waals surface area contributed by atoms with Gasteiger partial charge in [-0.25, -0.2) is 9.97 Å². The summed E-state index contributed by atoms with van der Waals surface area (Å²) in [6.07, 6.45) is 0. The lowest BCUT2D eigenvalue weighted by Crippen LogP contribution is -2.51. The first-order valence-corrected chi connectivity index (χ1v) is 15.8. The van der Waals surface area contributed by atoms with Crippen molar-refractivity contribution in [1.82, 2.24) is 19.8 Å². The number of carbonyl (C=O) groups excluding carboxylic acids is 2. The minimum atomic E-state index is -0.360. The second-order valence-corrected chi connectivity index (χ2v) is 12.9. The summed E-state index contributed by atoms with van der Waals surface area (Å²) < 4.78 is 0. The van der Waals surface area contributed by atoms with Gasteiger partial charge in [0.25, 0.3) is 5.91 Å². The fraction of sp³-hybridized carbons (Fsp3) is 0.263. The molecule has 8 nitrogen and oxygen atoms in total. The predicted molar refractivity (Wildman–Crippen MR) is 185 cm³/mol. The number of carbonyl (C=O) groups is 2. The van der Waals surface area contributed by atoms with Gasteiger partial charge in [-0.05, 0) is 54.4 Å². The molecule has 2 heterocycles. The van der Waals surface area contributed by atoms with E-state index in [1.54, 1.807) is 12.1 Å². The SMILES string of the molecule is Cc1ccc(CN2CCN(C(=O)C(C)(C)C)CC2)cc1NC(=O)c1ccc(Nc2nc(-c3ccccc3)c3ccccc3n2)cc1. The van der Waals surface area contributed by atoms with Crippen LogP contribution in [0.4, 0.5) is 17.3 Å². The number of hydrogen-bond acceptors (Lipinski definition) is 6. The zero-order valence-electron chi connectivity index (χ0n) is 26.9. The molecule has 234 valence electrons. The topological polar surface area (TPSA) is 90.5 Å². The van der Waals surface area contributed by atoms with Gasteiger partial charge in [0, 0.05) is 66.0 Å². The minimum Gasteiger partial charge on any atom is -0.340 e. The molecule has 1 saturated heterocycles. The largest absolute Gasteiger partial charge is 0.340 e. The first kappa shape index (κ1) is 30.9. The molecule has 0 saturated carbocycles. The summed E-state index contributed by atoms with van der Waals surface area (Å²) in [5.74, 6) is 0.523. The van der Waals surface area contributed by atoms with Crippen molar-refractivity contribution in [2.75, 3.05) is 36.8 Å². The van der Waals surface area contributed by atoms with Crippen LogP contribution in [-0.4, -0.2) is 57.8 Å². The van der Waals surface area contributed by atoms with Crippen LogP contribution in [0.1, 0.15) is 42.3 Å². The predicted octanol–water partition coefficient (Wildman–Crippen LogP) is 7.29. The summed E-state index contributed by atoms with van der Waals surface area (Å²) in [5.41, 5.74) is 6.63. The molecule has 6 rings (SSSR count). The maximum atomic E-state index is 13.3. The maximum Gasteiger partial charge on any atom is 0.255 e. The number of nitrogens with zero attached hydrogens (tertiary/aromatic N) is 4. The van der Waals surface area contributed by atoms with E-state index in [1.807, 2.05) is 105 Å². The highest BCUT2D eigenvalue weighted by Gasteiger charge is 2.29. The number of fused-ring (bicyclic) bond motifs is 1. The second-order valence-electron chi connectivity index (χ2n) is 12.9. The number of benzene rings is 4. The molecular weight excluding hydrogens is 572 g/mol. The first-order chi connectivity index (χ1) is 22.1. The van der Waals surface area contributed by atoms with Gasteiger partial charge in [-0.3, -0.25) is 14.5 Å². The van der Waals surface area contributed by atoms with Crippen LogP contribution in [0.5, 0.6) is 0 Å². The second kappa shape index (κ2) is 13.1. The molecule has 0 unspecified atom stereocenters. The molecule has 2 N–H and O–H groups in total. The zero-order chi connectivity index (χ0) is 32.3. The van der Waals surface area contributed by atoms with Crippen molar-refractivity contribution in [2.45, 2.75) is 34.2 Å². The van der Waals surface area contributed by atoms with Crippen LogP contribution < -0.4 is 10.6 Å². The average molecular weight is 613 g/mol. The van der Waals surface area contributed by atoms with Gasteiger partial charge < -0.3 is 15.5 Å². The average Bonchev–Trinajstić information content (AvgIpc) is 3.06. The van der Waals surface area contributed by atoms with E-state index in [0.29, 0.717) is 11.5 Å². The summed E-state index contributed by atoms with van der Waals surface area (Å²) in [5, 5.41) is 7.40. The summed E-state index contributed by atoms with van der Waals surface area (Å²) in [4.78, 5) is 39.8. The van der Waals surface area contributed by atoms with Crippen molar-refractivity contribution in [1.29, 1.82) is 0 Å². The van der Waals surface area contributed by atoms with E-state index in [-0.39, 0.29) is 17.2 Å². The molecule has 2 amide bonds. The third-order valence-corrected chi connectivity index (χ3v) is 8.31. The number of aromatic nitrogens is 2. The number of piperazine rings is 1. The molecule has 1 fully saturated rings.